The number of hydrogen-bond acceptors (Lipinski definition) is 3. The van der Waals surface area contributed by atoms with Crippen LogP contribution >= 0.6 is 0 Å². The predicted molar refractivity (Wildman–Crippen MR) is 61.7 cm³/mol. The molecule has 0 amide bonds. The van der Waals surface area contributed by atoms with Crippen LogP contribution in [0.3, 0.4) is 0 Å². The van der Waals surface area contributed by atoms with Crippen LogP contribution in [0.1, 0.15) is 13.8 Å². The number of hydrogen-bond donors (Lipinski definition) is 1. The summed E-state index contributed by atoms with van der Waals surface area (Å²) < 4.78 is 5.30. The molecule has 0 aromatic carbocycles. The zero-order valence-corrected chi connectivity index (χ0v) is 9.75. The second-order valence-corrected chi connectivity index (χ2v) is 3.47. The van der Waals surface area contributed by atoms with Crippen LogP contribution in [0.2, 0.25) is 0 Å². The summed E-state index contributed by atoms with van der Waals surface area (Å²) in [6.45, 7) is 12.4. The van der Waals surface area contributed by atoms with Crippen LogP contribution in [0.25, 0.3) is 0 Å². The van der Waals surface area contributed by atoms with Gasteiger partial charge in [-0.15, -0.1) is 6.58 Å². The molecule has 3 heteroatoms. The molecule has 0 heterocycles. The highest BCUT2D eigenvalue weighted by Gasteiger charge is 2.07. The highest BCUT2D eigenvalue weighted by atomic mass is 16.5. The van der Waals surface area contributed by atoms with Crippen molar-refractivity contribution >= 4 is 0 Å². The van der Waals surface area contributed by atoms with Crippen LogP contribution in [-0.4, -0.2) is 50.8 Å². The summed E-state index contributed by atoms with van der Waals surface area (Å²) in [6, 6.07) is 0.537. The molecule has 0 rings (SSSR count). The van der Waals surface area contributed by atoms with E-state index in [4.69, 9.17) is 4.74 Å². The van der Waals surface area contributed by atoms with Crippen molar-refractivity contribution in [2.24, 2.45) is 0 Å². The number of rotatable bonds is 9. The van der Waals surface area contributed by atoms with Crippen molar-refractivity contribution < 1.29 is 4.74 Å². The van der Waals surface area contributed by atoms with Crippen molar-refractivity contribution in [3.8, 4) is 0 Å². The molecule has 1 unspecified atom stereocenters. The monoisotopic (exact) mass is 200 g/mol. The van der Waals surface area contributed by atoms with Gasteiger partial charge < -0.3 is 15.0 Å². The highest BCUT2D eigenvalue weighted by molar-refractivity contribution is 4.73. The molecule has 0 aromatic rings. The van der Waals surface area contributed by atoms with Gasteiger partial charge in [0.05, 0.1) is 6.61 Å². The van der Waals surface area contributed by atoms with Crippen LogP contribution in [-0.2, 0) is 4.74 Å². The highest BCUT2D eigenvalue weighted by Crippen LogP contribution is 1.93. The second kappa shape index (κ2) is 9.19. The fourth-order valence-electron chi connectivity index (χ4n) is 1.12. The van der Waals surface area contributed by atoms with E-state index in [1.165, 1.54) is 0 Å². The van der Waals surface area contributed by atoms with Crippen molar-refractivity contribution in [2.75, 3.05) is 39.9 Å². The molecule has 0 spiro atoms. The predicted octanol–water partition coefficient (Wildman–Crippen LogP) is 1.12. The van der Waals surface area contributed by atoms with E-state index in [2.05, 4.69) is 30.8 Å². The third-order valence-corrected chi connectivity index (χ3v) is 2.27. The Balaban J connectivity index is 3.43. The summed E-state index contributed by atoms with van der Waals surface area (Å²) in [4.78, 5) is 2.30. The first-order chi connectivity index (χ1) is 6.72. The zero-order chi connectivity index (χ0) is 10.8. The van der Waals surface area contributed by atoms with E-state index in [1.807, 2.05) is 13.0 Å². The van der Waals surface area contributed by atoms with Gasteiger partial charge in [-0.2, -0.15) is 0 Å². The maximum absolute atomic E-state index is 5.30. The molecule has 0 aliphatic carbocycles. The molecular weight excluding hydrogens is 176 g/mol. The van der Waals surface area contributed by atoms with Crippen molar-refractivity contribution in [1.82, 2.24) is 10.2 Å². The van der Waals surface area contributed by atoms with Gasteiger partial charge in [0.1, 0.15) is 0 Å². The van der Waals surface area contributed by atoms with E-state index < -0.39 is 0 Å². The van der Waals surface area contributed by atoms with E-state index in [0.29, 0.717) is 6.04 Å². The minimum absolute atomic E-state index is 0.537. The van der Waals surface area contributed by atoms with Gasteiger partial charge in [-0.3, -0.25) is 0 Å². The Morgan fingerprint density at radius 2 is 2.29 bits per heavy atom. The third kappa shape index (κ3) is 7.06. The molecule has 0 aromatic heterocycles. The lowest BCUT2D eigenvalue weighted by molar-refractivity contribution is 0.110. The molecule has 84 valence electrons. The number of nitrogens with one attached hydrogen (secondary N) is 1. The van der Waals surface area contributed by atoms with Crippen LogP contribution in [0, 0.1) is 0 Å². The fraction of sp³-hybridized carbons (Fsp3) is 0.818. The van der Waals surface area contributed by atoms with E-state index >= 15 is 0 Å². The molecule has 0 aliphatic heterocycles. The Kier molecular flexibility index (Phi) is 8.94. The summed E-state index contributed by atoms with van der Waals surface area (Å²) in [5.41, 5.74) is 0. The Morgan fingerprint density at radius 3 is 2.86 bits per heavy atom. The third-order valence-electron chi connectivity index (χ3n) is 2.27. The number of ether oxygens (including phenoxy) is 1. The molecule has 0 saturated carbocycles. The van der Waals surface area contributed by atoms with Gasteiger partial charge in [0.2, 0.25) is 0 Å². The Bertz CT molecular complexity index is 139. The van der Waals surface area contributed by atoms with E-state index in [0.717, 1.165) is 32.8 Å². The number of nitrogens with zero attached hydrogens (tertiary/aromatic N) is 1. The molecule has 0 radical (unpaired) electrons. The fourth-order valence-corrected chi connectivity index (χ4v) is 1.12. The van der Waals surface area contributed by atoms with E-state index in [-0.39, 0.29) is 0 Å². The van der Waals surface area contributed by atoms with Crippen LogP contribution in [0.5, 0.6) is 0 Å². The van der Waals surface area contributed by atoms with Gasteiger partial charge in [0.25, 0.3) is 0 Å². The molecule has 1 atom stereocenters. The number of likely N-dealkylation sites (N-methyl/N-ethyl adjacent to an activating group) is 1. The van der Waals surface area contributed by atoms with Crippen molar-refractivity contribution in [3.63, 3.8) is 0 Å². The minimum Gasteiger partial charge on any atom is -0.380 e. The summed E-state index contributed by atoms with van der Waals surface area (Å²) in [7, 11) is 2.12. The van der Waals surface area contributed by atoms with Gasteiger partial charge in [-0.25, -0.2) is 0 Å². The average Bonchev–Trinajstić information content (AvgIpc) is 2.18. The van der Waals surface area contributed by atoms with Crippen LogP contribution in [0.4, 0.5) is 0 Å². The largest absolute Gasteiger partial charge is 0.380 e. The van der Waals surface area contributed by atoms with E-state index in [9.17, 15) is 0 Å². The summed E-state index contributed by atoms with van der Waals surface area (Å²) in [5.74, 6) is 0. The Morgan fingerprint density at radius 1 is 1.57 bits per heavy atom. The quantitative estimate of drug-likeness (QED) is 0.446. The molecule has 14 heavy (non-hydrogen) atoms. The van der Waals surface area contributed by atoms with E-state index in [1.54, 1.807) is 0 Å². The average molecular weight is 200 g/mol. The first-order valence-electron chi connectivity index (χ1n) is 5.32. The molecule has 0 saturated heterocycles. The van der Waals surface area contributed by atoms with Crippen molar-refractivity contribution in [2.45, 2.75) is 19.9 Å². The lowest BCUT2D eigenvalue weighted by Gasteiger charge is -2.24. The molecule has 0 fully saturated rings. The second-order valence-electron chi connectivity index (χ2n) is 3.47. The lowest BCUT2D eigenvalue weighted by atomic mass is 10.3. The first kappa shape index (κ1) is 13.6. The van der Waals surface area contributed by atoms with Crippen molar-refractivity contribution in [1.29, 1.82) is 0 Å². The van der Waals surface area contributed by atoms with Crippen LogP contribution < -0.4 is 5.32 Å². The van der Waals surface area contributed by atoms with Gasteiger partial charge >= 0.3 is 0 Å². The SMILES string of the molecule is C=CCNCC(C)N(C)CCOCC. The topological polar surface area (TPSA) is 24.5 Å². The molecule has 3 nitrogen and oxygen atoms in total. The molecule has 0 aliphatic rings. The lowest BCUT2D eigenvalue weighted by Crippen LogP contribution is -2.39. The summed E-state index contributed by atoms with van der Waals surface area (Å²) >= 11 is 0. The van der Waals surface area contributed by atoms with Gasteiger partial charge in [0.15, 0.2) is 0 Å². The molecular formula is C11H24N2O. The Hall–Kier alpha value is -0.380. The van der Waals surface area contributed by atoms with Gasteiger partial charge in [0, 0.05) is 32.3 Å². The van der Waals surface area contributed by atoms with Crippen LogP contribution in [0.15, 0.2) is 12.7 Å². The first-order valence-corrected chi connectivity index (χ1v) is 5.32. The summed E-state index contributed by atoms with van der Waals surface area (Å²) in [6.07, 6.45) is 1.88. The van der Waals surface area contributed by atoms with Crippen molar-refractivity contribution in [3.05, 3.63) is 12.7 Å². The minimum atomic E-state index is 0.537. The Labute approximate surface area is 88.1 Å². The normalized spacial score (nSPS) is 13.1. The van der Waals surface area contributed by atoms with Gasteiger partial charge in [-0.05, 0) is 20.9 Å². The molecule has 1 N–H and O–H groups in total. The van der Waals surface area contributed by atoms with Gasteiger partial charge in [-0.1, -0.05) is 6.08 Å². The maximum atomic E-state index is 5.30. The standard InChI is InChI=1S/C11H24N2O/c1-5-7-12-10-11(3)13(4)8-9-14-6-2/h5,11-12H,1,6-10H2,2-4H3. The maximum Gasteiger partial charge on any atom is 0.0593 e. The molecule has 0 bridgehead atoms. The summed E-state index contributed by atoms with van der Waals surface area (Å²) in [5, 5.41) is 3.31. The smallest absolute Gasteiger partial charge is 0.0593 e. The zero-order valence-electron chi connectivity index (χ0n) is 9.75.